The fourth-order valence-electron chi connectivity index (χ4n) is 2.56. The van der Waals surface area contributed by atoms with Crippen molar-refractivity contribution >= 4 is 52.5 Å². The minimum Gasteiger partial charge on any atom is -0.870 e. The summed E-state index contributed by atoms with van der Waals surface area (Å²) in [4.78, 5) is -2.37. The first kappa shape index (κ1) is 34.0. The first-order chi connectivity index (χ1) is 14.2. The molecule has 0 aliphatic heterocycles. The van der Waals surface area contributed by atoms with Crippen LogP contribution in [-0.2, 0) is 30.4 Å². The fourth-order valence-corrected chi connectivity index (χ4v) is 4.14. The maximum Gasteiger partial charge on any atom is 1.00 e. The molecule has 0 bridgehead atoms. The molecule has 0 amide bonds. The Morgan fingerprint density at radius 1 is 0.706 bits per heavy atom. The van der Waals surface area contributed by atoms with Gasteiger partial charge < -0.3 is 14.2 Å². The average Bonchev–Trinajstić information content (AvgIpc) is 2.64. The number of nitrogens with zero attached hydrogens (tertiary/aromatic N) is 2. The van der Waals surface area contributed by atoms with E-state index in [2.05, 4.69) is 10.2 Å². The second-order valence-electron chi connectivity index (χ2n) is 6.01. The molecule has 1 N–H and O–H groups in total. The predicted molar refractivity (Wildman–Crippen MR) is 99.8 cm³/mol. The Balaban J connectivity index is 0.00000363. The van der Waals surface area contributed by atoms with Crippen LogP contribution in [0.2, 0.25) is 0 Å². The first-order valence-electron chi connectivity index (χ1n) is 7.87. The second-order valence-corrected chi connectivity index (χ2v) is 10.2. The Morgan fingerprint density at radius 2 is 1.21 bits per heavy atom. The normalized spacial score (nSPS) is 12.0. The van der Waals surface area contributed by atoms with Gasteiger partial charge in [0, 0.05) is 5.39 Å². The Morgan fingerprint density at radius 3 is 1.68 bits per heavy atom. The van der Waals surface area contributed by atoms with Crippen LogP contribution < -0.4 is 93.8 Å². The largest absolute Gasteiger partial charge is 1.00 e. The molecule has 0 heterocycles. The molecule has 0 unspecified atom stereocenters. The van der Waals surface area contributed by atoms with Crippen molar-refractivity contribution in [3.8, 4) is 5.75 Å². The number of hydrogen-bond acceptors (Lipinski definition) is 11. The maximum atomic E-state index is 12.5. The molecular formula is C16H9N2Na3O10S3. The zero-order chi connectivity index (χ0) is 23.2. The zero-order valence-electron chi connectivity index (χ0n) is 17.9. The number of fused-ring (bicyclic) bond motifs is 1. The molecule has 164 valence electrons. The van der Waals surface area contributed by atoms with Crippen molar-refractivity contribution in [2.45, 2.75) is 14.7 Å². The van der Waals surface area contributed by atoms with E-state index in [9.17, 15) is 44.0 Å². The summed E-state index contributed by atoms with van der Waals surface area (Å²) in [5.74, 6) is -1.25. The molecule has 0 aromatic heterocycles. The molecule has 3 aromatic carbocycles. The summed E-state index contributed by atoms with van der Waals surface area (Å²) in [5, 5.41) is 19.6. The van der Waals surface area contributed by atoms with Crippen LogP contribution in [0.15, 0.2) is 73.4 Å². The van der Waals surface area contributed by atoms with E-state index in [1.54, 1.807) is 0 Å². The summed E-state index contributed by atoms with van der Waals surface area (Å²) < 4.78 is 98.9. The number of azo groups is 1. The van der Waals surface area contributed by atoms with Crippen LogP contribution in [0.25, 0.3) is 10.8 Å². The molecule has 0 saturated heterocycles. The number of hydrogen-bond donors (Lipinski definition) is 1. The summed E-state index contributed by atoms with van der Waals surface area (Å²) in [6, 6.07) is 7.47. The van der Waals surface area contributed by atoms with Gasteiger partial charge in [0.05, 0.1) is 26.1 Å². The monoisotopic (exact) mass is 554 g/mol. The summed E-state index contributed by atoms with van der Waals surface area (Å²) >= 11 is 0. The van der Waals surface area contributed by atoms with Crippen LogP contribution in [0.1, 0.15) is 0 Å². The molecule has 0 saturated carbocycles. The molecule has 0 radical (unpaired) electrons. The molecular weight excluding hydrogens is 545 g/mol. The number of benzene rings is 3. The standard InChI is InChI=1S/C16H12N2O10S3.3Na/c19-16-14(31(26,27)28)8-9-7-12(30(23,24)25)5-6-13(9)15(16)18-17-10-1-3-11(4-2-10)29(20,21)22;;;/h1-8,19H,(H,20,21,22)(H,23,24,25)(H,26,27,28);;;/q;3*+1/p-3. The van der Waals surface area contributed by atoms with E-state index in [-0.39, 0.29) is 105 Å². The van der Waals surface area contributed by atoms with E-state index in [4.69, 9.17) is 0 Å². The van der Waals surface area contributed by atoms with Gasteiger partial charge in [-0.25, -0.2) is 16.8 Å². The molecule has 0 aliphatic rings. The second kappa shape index (κ2) is 12.5. The molecule has 0 atom stereocenters. The van der Waals surface area contributed by atoms with Gasteiger partial charge in [0.2, 0.25) is 0 Å². The van der Waals surface area contributed by atoms with Crippen molar-refractivity contribution in [3.05, 3.63) is 48.5 Å². The van der Waals surface area contributed by atoms with Gasteiger partial charge in [-0.15, -0.1) is 0 Å². The average molecular weight is 554 g/mol. The van der Waals surface area contributed by atoms with Crippen LogP contribution in [0.5, 0.6) is 5.75 Å². The minimum atomic E-state index is -5.04. The Labute approximate surface area is 261 Å². The van der Waals surface area contributed by atoms with E-state index < -0.39 is 56.5 Å². The minimum absolute atomic E-state index is 0. The van der Waals surface area contributed by atoms with E-state index in [0.717, 1.165) is 42.5 Å². The quantitative estimate of drug-likeness (QED) is 0.178. The van der Waals surface area contributed by atoms with Crippen LogP contribution >= 0.6 is 0 Å². The van der Waals surface area contributed by atoms with E-state index in [1.807, 2.05) is 0 Å². The molecule has 0 aliphatic carbocycles. The van der Waals surface area contributed by atoms with Crippen molar-refractivity contribution in [2.75, 3.05) is 0 Å². The molecule has 3 rings (SSSR count). The Hall–Kier alpha value is 0.0500. The molecule has 18 heteroatoms. The maximum absolute atomic E-state index is 12.5. The molecule has 3 aromatic rings. The van der Waals surface area contributed by atoms with Crippen LogP contribution in [-0.4, -0.2) is 38.9 Å². The van der Waals surface area contributed by atoms with Gasteiger partial charge in [-0.2, -0.15) is 18.6 Å². The van der Waals surface area contributed by atoms with E-state index >= 15 is 0 Å². The first-order valence-corrected chi connectivity index (χ1v) is 12.1. The number of rotatable bonds is 5. The van der Waals surface area contributed by atoms with Gasteiger partial charge in [-0.1, -0.05) is 11.8 Å². The molecule has 12 nitrogen and oxygen atoms in total. The summed E-state index contributed by atoms with van der Waals surface area (Å²) in [7, 11) is -14.7. The SMILES string of the molecule is O=S(=O)([O-])c1ccc(N=Nc2c([O-])c(S(=O)(=O)O)cc3cc(S(=O)(=O)[O-])ccc23)cc1.[Na+].[Na+].[Na+]. The third-order valence-electron chi connectivity index (χ3n) is 3.96. The van der Waals surface area contributed by atoms with Crippen molar-refractivity contribution in [2.24, 2.45) is 10.2 Å². The van der Waals surface area contributed by atoms with Gasteiger partial charge >= 0.3 is 88.7 Å². The van der Waals surface area contributed by atoms with Gasteiger partial charge in [-0.05, 0) is 47.9 Å². The molecule has 0 fully saturated rings. The van der Waals surface area contributed by atoms with Gasteiger partial charge in [0.15, 0.2) is 0 Å². The van der Waals surface area contributed by atoms with Crippen molar-refractivity contribution in [1.29, 1.82) is 0 Å². The summed E-state index contributed by atoms with van der Waals surface area (Å²) in [5.41, 5.74) is -0.614. The topological polar surface area (TPSA) is 217 Å². The summed E-state index contributed by atoms with van der Waals surface area (Å²) in [6.07, 6.45) is 0. The van der Waals surface area contributed by atoms with Crippen LogP contribution in [0, 0.1) is 0 Å². The van der Waals surface area contributed by atoms with Crippen LogP contribution in [0.4, 0.5) is 11.4 Å². The van der Waals surface area contributed by atoms with Crippen molar-refractivity contribution in [3.63, 3.8) is 0 Å². The smallest absolute Gasteiger partial charge is 0.870 e. The van der Waals surface area contributed by atoms with Gasteiger partial charge in [-0.3, -0.25) is 4.55 Å². The van der Waals surface area contributed by atoms with E-state index in [1.165, 1.54) is 0 Å². The van der Waals surface area contributed by atoms with Gasteiger partial charge in [0.25, 0.3) is 10.1 Å². The Bertz CT molecular complexity index is 1560. The van der Waals surface area contributed by atoms with Crippen molar-refractivity contribution < 1.29 is 133 Å². The predicted octanol–water partition coefficient (Wildman–Crippen LogP) is -7.60. The van der Waals surface area contributed by atoms with Crippen molar-refractivity contribution in [1.82, 2.24) is 0 Å². The van der Waals surface area contributed by atoms with E-state index in [0.29, 0.717) is 6.07 Å². The zero-order valence-corrected chi connectivity index (χ0v) is 26.3. The Kier molecular flexibility index (Phi) is 12.5. The third kappa shape index (κ3) is 8.03. The fraction of sp³-hybridized carbons (Fsp3) is 0. The van der Waals surface area contributed by atoms with Gasteiger partial charge in [0.1, 0.15) is 20.2 Å². The molecule has 34 heavy (non-hydrogen) atoms. The summed E-state index contributed by atoms with van der Waals surface area (Å²) in [6.45, 7) is 0. The van der Waals surface area contributed by atoms with Crippen LogP contribution in [0.3, 0.4) is 0 Å². The molecule has 0 spiro atoms. The third-order valence-corrected chi connectivity index (χ3v) is 6.50.